The highest BCUT2D eigenvalue weighted by atomic mass is 19.3. The van der Waals surface area contributed by atoms with E-state index in [1.165, 1.54) is 0 Å². The van der Waals surface area contributed by atoms with E-state index in [0.29, 0.717) is 0 Å². The molecule has 3 unspecified atom stereocenters. The number of rotatable bonds is 1. The lowest BCUT2D eigenvalue weighted by molar-refractivity contribution is -0.121. The van der Waals surface area contributed by atoms with E-state index in [2.05, 4.69) is 4.74 Å². The molecule has 0 aromatic rings. The van der Waals surface area contributed by atoms with Gasteiger partial charge in [-0.2, -0.15) is 0 Å². The first-order chi connectivity index (χ1) is 5.00. The van der Waals surface area contributed by atoms with Crippen LogP contribution in [0, 0.1) is 0 Å². The quantitative estimate of drug-likeness (QED) is 0.556. The molecular weight excluding hydrogens is 158 g/mol. The normalized spacial score (nSPS) is 42.4. The second kappa shape index (κ2) is 2.49. The van der Waals surface area contributed by atoms with Crippen molar-refractivity contribution < 1.29 is 23.4 Å². The van der Waals surface area contributed by atoms with Crippen LogP contribution in [-0.4, -0.2) is 35.6 Å². The summed E-state index contributed by atoms with van der Waals surface area (Å²) in [5.41, 5.74) is 0. The first-order valence-electron chi connectivity index (χ1n) is 3.16. The molecule has 1 aliphatic heterocycles. The van der Waals surface area contributed by atoms with E-state index in [4.69, 9.17) is 5.11 Å². The van der Waals surface area contributed by atoms with Gasteiger partial charge in [0.15, 0.2) is 12.4 Å². The molecule has 1 N–H and O–H groups in total. The molecule has 0 bridgehead atoms. The summed E-state index contributed by atoms with van der Waals surface area (Å²) in [6, 6.07) is 0. The van der Waals surface area contributed by atoms with Gasteiger partial charge < -0.3 is 14.6 Å². The molecule has 0 radical (unpaired) electrons. The van der Waals surface area contributed by atoms with E-state index < -0.39 is 24.2 Å². The summed E-state index contributed by atoms with van der Waals surface area (Å²) in [5.74, 6) is -3.31. The number of hydrogen-bond donors (Lipinski definition) is 1. The van der Waals surface area contributed by atoms with Gasteiger partial charge in [0.05, 0.1) is 0 Å². The van der Waals surface area contributed by atoms with Crippen molar-refractivity contribution in [3.8, 4) is 0 Å². The highest BCUT2D eigenvalue weighted by molar-refractivity contribution is 5.58. The Morgan fingerprint density at radius 2 is 2.18 bits per heavy atom. The van der Waals surface area contributed by atoms with Gasteiger partial charge in [-0.15, -0.1) is 0 Å². The lowest BCUT2D eigenvalue weighted by Gasteiger charge is -2.15. The summed E-state index contributed by atoms with van der Waals surface area (Å²) in [4.78, 5) is 10.0. The van der Waals surface area contributed by atoms with Crippen LogP contribution in [0.4, 0.5) is 8.78 Å². The first-order valence-corrected chi connectivity index (χ1v) is 3.16. The molecule has 1 heterocycles. The van der Waals surface area contributed by atoms with Crippen molar-refractivity contribution in [3.05, 3.63) is 0 Å². The van der Waals surface area contributed by atoms with Crippen molar-refractivity contribution in [1.29, 1.82) is 0 Å². The molecule has 1 saturated heterocycles. The van der Waals surface area contributed by atoms with E-state index >= 15 is 0 Å². The smallest absolute Gasteiger partial charge is 0.301 e. The topological polar surface area (TPSA) is 46.5 Å². The number of hydrogen-bond acceptors (Lipinski definition) is 3. The monoisotopic (exact) mass is 166 g/mol. The third kappa shape index (κ3) is 1.14. The number of aldehydes is 1. The Hall–Kier alpha value is -0.550. The molecule has 0 aliphatic carbocycles. The second-order valence-electron chi connectivity index (χ2n) is 2.50. The van der Waals surface area contributed by atoms with Crippen LogP contribution in [0.25, 0.3) is 0 Å². The van der Waals surface area contributed by atoms with Crippen molar-refractivity contribution in [2.24, 2.45) is 0 Å². The summed E-state index contributed by atoms with van der Waals surface area (Å²) >= 11 is 0. The van der Waals surface area contributed by atoms with E-state index in [9.17, 15) is 13.6 Å². The zero-order valence-electron chi connectivity index (χ0n) is 5.83. The van der Waals surface area contributed by atoms with Gasteiger partial charge in [0.25, 0.3) is 0 Å². The Labute approximate surface area is 62.0 Å². The largest absolute Gasteiger partial charge is 0.384 e. The van der Waals surface area contributed by atoms with E-state index in [1.54, 1.807) is 0 Å². The second-order valence-corrected chi connectivity index (χ2v) is 2.50. The van der Waals surface area contributed by atoms with Gasteiger partial charge in [-0.1, -0.05) is 0 Å². The van der Waals surface area contributed by atoms with Crippen molar-refractivity contribution in [2.45, 2.75) is 31.2 Å². The molecule has 1 aliphatic rings. The molecule has 0 aromatic heterocycles. The fourth-order valence-corrected chi connectivity index (χ4v) is 0.967. The average Bonchev–Trinajstić information content (AvgIpc) is 2.14. The summed E-state index contributed by atoms with van der Waals surface area (Å²) in [5, 5.41) is 8.78. The Morgan fingerprint density at radius 1 is 1.64 bits per heavy atom. The third-order valence-electron chi connectivity index (χ3n) is 1.74. The maximum absolute atomic E-state index is 12.6. The Morgan fingerprint density at radius 3 is 2.36 bits per heavy atom. The van der Waals surface area contributed by atoms with Gasteiger partial charge in [0, 0.05) is 0 Å². The lowest BCUT2D eigenvalue weighted by Crippen LogP contribution is -2.39. The standard InChI is InChI=1S/C6H8F2O3/c1-3-6(7,8)5(10)4(2-9)11-3/h2-5,10H,1H3. The molecule has 0 amide bonds. The predicted octanol–water partition coefficient (Wildman–Crippen LogP) is -0.0312. The predicted molar refractivity (Wildman–Crippen MR) is 31.4 cm³/mol. The average molecular weight is 166 g/mol. The van der Waals surface area contributed by atoms with Gasteiger partial charge in [-0.05, 0) is 6.92 Å². The molecule has 64 valence electrons. The van der Waals surface area contributed by atoms with Crippen molar-refractivity contribution in [1.82, 2.24) is 0 Å². The van der Waals surface area contributed by atoms with E-state index in [1.807, 2.05) is 0 Å². The van der Waals surface area contributed by atoms with Crippen LogP contribution in [0.1, 0.15) is 6.92 Å². The number of aliphatic hydroxyl groups excluding tert-OH is 1. The molecule has 11 heavy (non-hydrogen) atoms. The summed E-state index contributed by atoms with van der Waals surface area (Å²) in [6.07, 6.45) is -4.61. The Bertz CT molecular complexity index is 171. The zero-order chi connectivity index (χ0) is 8.65. The van der Waals surface area contributed by atoms with Gasteiger partial charge >= 0.3 is 5.92 Å². The molecular formula is C6H8F2O3. The molecule has 5 heteroatoms. The molecule has 3 nitrogen and oxygen atoms in total. The maximum Gasteiger partial charge on any atom is 0.301 e. The van der Waals surface area contributed by atoms with Crippen LogP contribution < -0.4 is 0 Å². The highest BCUT2D eigenvalue weighted by Crippen LogP contribution is 2.34. The van der Waals surface area contributed by atoms with E-state index in [-0.39, 0.29) is 6.29 Å². The lowest BCUT2D eigenvalue weighted by atomic mass is 10.1. The van der Waals surface area contributed by atoms with Crippen LogP contribution in [-0.2, 0) is 9.53 Å². The molecule has 0 aromatic carbocycles. The van der Waals surface area contributed by atoms with Crippen molar-refractivity contribution in [2.75, 3.05) is 0 Å². The van der Waals surface area contributed by atoms with Crippen LogP contribution in [0.3, 0.4) is 0 Å². The fourth-order valence-electron chi connectivity index (χ4n) is 0.967. The fraction of sp³-hybridized carbons (Fsp3) is 0.833. The van der Waals surface area contributed by atoms with Crippen LogP contribution in [0.15, 0.2) is 0 Å². The van der Waals surface area contributed by atoms with Crippen LogP contribution >= 0.6 is 0 Å². The zero-order valence-corrected chi connectivity index (χ0v) is 5.83. The minimum atomic E-state index is -3.31. The van der Waals surface area contributed by atoms with Crippen LogP contribution in [0.5, 0.6) is 0 Å². The van der Waals surface area contributed by atoms with Crippen LogP contribution in [0.2, 0.25) is 0 Å². The molecule has 0 spiro atoms. The molecule has 0 saturated carbocycles. The minimum absolute atomic E-state index is 0.183. The highest BCUT2D eigenvalue weighted by Gasteiger charge is 2.56. The van der Waals surface area contributed by atoms with E-state index in [0.717, 1.165) is 6.92 Å². The first kappa shape index (κ1) is 8.55. The minimum Gasteiger partial charge on any atom is -0.384 e. The van der Waals surface area contributed by atoms with Gasteiger partial charge in [0.2, 0.25) is 0 Å². The molecule has 3 atom stereocenters. The summed E-state index contributed by atoms with van der Waals surface area (Å²) < 4.78 is 29.7. The summed E-state index contributed by atoms with van der Waals surface area (Å²) in [6.45, 7) is 1.12. The SMILES string of the molecule is CC1OC(C=O)C(O)C1(F)F. The van der Waals surface area contributed by atoms with Gasteiger partial charge in [-0.25, -0.2) is 8.78 Å². The maximum atomic E-state index is 12.6. The number of halogens is 2. The third-order valence-corrected chi connectivity index (χ3v) is 1.74. The number of carbonyl (C=O) groups is 1. The van der Waals surface area contributed by atoms with Crippen molar-refractivity contribution in [3.63, 3.8) is 0 Å². The molecule has 1 fully saturated rings. The Balaban J connectivity index is 2.79. The number of alkyl halides is 2. The number of aliphatic hydroxyl groups is 1. The molecule has 1 rings (SSSR count). The summed E-state index contributed by atoms with van der Waals surface area (Å²) in [7, 11) is 0. The Kier molecular flexibility index (Phi) is 1.94. The number of carbonyl (C=O) groups excluding carboxylic acids is 1. The van der Waals surface area contributed by atoms with Gasteiger partial charge in [0.1, 0.15) is 12.2 Å². The number of ether oxygens (including phenoxy) is 1. The van der Waals surface area contributed by atoms with Crippen molar-refractivity contribution >= 4 is 6.29 Å². The van der Waals surface area contributed by atoms with Gasteiger partial charge in [-0.3, -0.25) is 0 Å².